The van der Waals surface area contributed by atoms with Gasteiger partial charge < -0.3 is 9.84 Å². The largest absolute Gasteiger partial charge is 0.497 e. The molecule has 13 heteroatoms. The fourth-order valence-electron chi connectivity index (χ4n) is 3.52. The standard InChI is InChI=1S/C26H29ClN2O4S.HO4P.H2/c1-28(17-5-6-21-9-11-23(27)12-10-21)20-22-7-3-4-8-26(22)29(18-19-30)34(31,32)25-15-13-24(33-2)14-16-25;1-4-5(2)3;/h3-16,30H,17-20H2,1-2H3;1H;1H. The van der Waals surface area contributed by atoms with Crippen LogP contribution >= 0.6 is 19.5 Å². The first-order valence-electron chi connectivity index (χ1n) is 11.5. The van der Waals surface area contributed by atoms with E-state index in [4.69, 9.17) is 30.7 Å². The monoisotopic (exact) mass is 598 g/mol. The first kappa shape index (κ1) is 32.2. The number of nitrogens with zero attached hydrogens (tertiary/aromatic N) is 2. The van der Waals surface area contributed by atoms with Gasteiger partial charge in [-0.25, -0.2) is 22.8 Å². The molecule has 0 saturated heterocycles. The van der Waals surface area contributed by atoms with Crippen molar-refractivity contribution in [3.63, 3.8) is 0 Å². The molecule has 3 rings (SSSR count). The summed E-state index contributed by atoms with van der Waals surface area (Å²) >= 11 is 5.93. The minimum Gasteiger partial charge on any atom is -0.497 e. The number of aliphatic hydroxyl groups excluding tert-OH is 1. The van der Waals surface area contributed by atoms with Crippen molar-refractivity contribution in [1.82, 2.24) is 4.90 Å². The first-order valence-corrected chi connectivity index (χ1v) is 14.5. The molecule has 0 aliphatic rings. The molecule has 2 N–H and O–H groups in total. The van der Waals surface area contributed by atoms with Crippen LogP contribution < -0.4 is 9.04 Å². The molecule has 0 saturated carbocycles. The summed E-state index contributed by atoms with van der Waals surface area (Å²) in [4.78, 5) is 2.22. The summed E-state index contributed by atoms with van der Waals surface area (Å²) in [6.45, 7) is 0.846. The fraction of sp³-hybridized carbons (Fsp3) is 0.231. The number of sulfonamides is 1. The van der Waals surface area contributed by atoms with E-state index in [2.05, 4.69) is 9.57 Å². The van der Waals surface area contributed by atoms with E-state index in [9.17, 15) is 13.5 Å². The van der Waals surface area contributed by atoms with Crippen LogP contribution in [0.5, 0.6) is 5.75 Å². The zero-order valence-electron chi connectivity index (χ0n) is 21.4. The van der Waals surface area contributed by atoms with Crippen molar-refractivity contribution >= 4 is 41.3 Å². The maximum atomic E-state index is 13.5. The van der Waals surface area contributed by atoms with Gasteiger partial charge in [0.1, 0.15) is 5.75 Å². The molecule has 0 amide bonds. The van der Waals surface area contributed by atoms with Gasteiger partial charge in [-0.1, -0.05) is 54.1 Å². The number of ether oxygens (including phenoxy) is 1. The lowest BCUT2D eigenvalue weighted by Gasteiger charge is -2.27. The number of para-hydroxylation sites is 1. The molecule has 0 fully saturated rings. The predicted molar refractivity (Wildman–Crippen MR) is 152 cm³/mol. The molecule has 0 heterocycles. The lowest BCUT2D eigenvalue weighted by Crippen LogP contribution is -2.35. The third-order valence-corrected chi connectivity index (χ3v) is 7.53. The van der Waals surface area contributed by atoms with Gasteiger partial charge in [0.15, 0.2) is 0 Å². The minimum atomic E-state index is -3.88. The van der Waals surface area contributed by atoms with E-state index in [1.165, 1.54) is 23.5 Å². The van der Waals surface area contributed by atoms with E-state index in [-0.39, 0.29) is 19.5 Å². The molecular formula is C26H32ClN2O8PS. The van der Waals surface area contributed by atoms with Crippen LogP contribution in [0.15, 0.2) is 83.8 Å². The third kappa shape index (κ3) is 10.2. The number of hydrogen-bond donors (Lipinski definition) is 2. The first-order chi connectivity index (χ1) is 18.6. The Hall–Kier alpha value is -3.02. The Labute approximate surface area is 235 Å². The van der Waals surface area contributed by atoms with Crippen LogP contribution in [-0.2, 0) is 30.4 Å². The van der Waals surface area contributed by atoms with Gasteiger partial charge in [0.2, 0.25) is 0 Å². The molecule has 0 atom stereocenters. The highest BCUT2D eigenvalue weighted by atomic mass is 35.5. The number of benzene rings is 3. The molecule has 0 aromatic heterocycles. The van der Waals surface area contributed by atoms with Gasteiger partial charge in [-0.3, -0.25) is 9.21 Å². The molecule has 0 aliphatic heterocycles. The van der Waals surface area contributed by atoms with E-state index in [1.54, 1.807) is 24.3 Å². The Balaban J connectivity index is 0.00000122. The van der Waals surface area contributed by atoms with E-state index in [1.807, 2.05) is 55.6 Å². The zero-order valence-corrected chi connectivity index (χ0v) is 23.8. The number of halogens is 1. The second-order valence-electron chi connectivity index (χ2n) is 8.06. The van der Waals surface area contributed by atoms with E-state index < -0.39 is 17.9 Å². The average molecular weight is 599 g/mol. The quantitative estimate of drug-likeness (QED) is 0.158. The second-order valence-corrected chi connectivity index (χ2v) is 11.0. The summed E-state index contributed by atoms with van der Waals surface area (Å²) in [6.07, 6.45) is 4.07. The molecule has 10 nitrogen and oxygen atoms in total. The highest BCUT2D eigenvalue weighted by Crippen LogP contribution is 2.28. The number of aliphatic hydroxyl groups is 1. The highest BCUT2D eigenvalue weighted by molar-refractivity contribution is 7.92. The number of anilines is 1. The van der Waals surface area contributed by atoms with Crippen LogP contribution in [0.4, 0.5) is 5.69 Å². The van der Waals surface area contributed by atoms with Crippen molar-refractivity contribution in [2.75, 3.05) is 38.2 Å². The lowest BCUT2D eigenvalue weighted by atomic mass is 10.1. The van der Waals surface area contributed by atoms with Crippen LogP contribution in [-0.4, -0.2) is 57.5 Å². The van der Waals surface area contributed by atoms with Crippen LogP contribution in [0.1, 0.15) is 12.6 Å². The van der Waals surface area contributed by atoms with Crippen molar-refractivity contribution in [1.29, 1.82) is 0 Å². The predicted octanol–water partition coefficient (Wildman–Crippen LogP) is 5.49. The maximum Gasteiger partial charge on any atom is 0.496 e. The molecule has 0 unspecified atom stereocenters. The number of methoxy groups -OCH3 is 1. The summed E-state index contributed by atoms with van der Waals surface area (Å²) < 4.78 is 53.9. The molecule has 0 bridgehead atoms. The summed E-state index contributed by atoms with van der Waals surface area (Å²) in [5.41, 5.74) is 2.44. The summed E-state index contributed by atoms with van der Waals surface area (Å²) in [7, 11) is -3.43. The molecule has 212 valence electrons. The van der Waals surface area contributed by atoms with Gasteiger partial charge >= 0.3 is 7.91 Å². The van der Waals surface area contributed by atoms with Gasteiger partial charge in [-0.15, -0.1) is 4.67 Å². The van der Waals surface area contributed by atoms with E-state index >= 15 is 0 Å². The van der Waals surface area contributed by atoms with Crippen LogP contribution in [0, 0.1) is 0 Å². The Morgan fingerprint density at radius 3 is 2.21 bits per heavy atom. The lowest BCUT2D eigenvalue weighted by molar-refractivity contribution is -0.132. The van der Waals surface area contributed by atoms with Crippen molar-refractivity contribution in [3.8, 4) is 5.75 Å². The zero-order chi connectivity index (χ0) is 28.8. The summed E-state index contributed by atoms with van der Waals surface area (Å²) in [5.74, 6) is 0.571. The van der Waals surface area contributed by atoms with E-state index in [0.29, 0.717) is 29.5 Å². The number of rotatable bonds is 12. The molecule has 0 aliphatic carbocycles. The number of likely N-dealkylation sites (N-methyl/N-ethyl adjacent to an activating group) is 1. The summed E-state index contributed by atoms with van der Waals surface area (Å²) in [5, 5.41) is 17.4. The van der Waals surface area contributed by atoms with Gasteiger partial charge in [0.05, 0.1) is 30.8 Å². The van der Waals surface area contributed by atoms with E-state index in [0.717, 1.165) is 11.1 Å². The van der Waals surface area contributed by atoms with Crippen molar-refractivity contribution in [2.45, 2.75) is 11.4 Å². The normalized spacial score (nSPS) is 11.2. The maximum absolute atomic E-state index is 13.5. The van der Waals surface area contributed by atoms with Crippen LogP contribution in [0.2, 0.25) is 5.02 Å². The smallest absolute Gasteiger partial charge is 0.496 e. The van der Waals surface area contributed by atoms with Crippen LogP contribution in [0.3, 0.4) is 0 Å². The summed E-state index contributed by atoms with van der Waals surface area (Å²) in [6, 6.07) is 21.2. The molecule has 3 aromatic carbocycles. The van der Waals surface area contributed by atoms with Crippen LogP contribution in [0.25, 0.3) is 6.08 Å². The number of hydrogen-bond acceptors (Lipinski definition) is 9. The van der Waals surface area contributed by atoms with Crippen molar-refractivity contribution in [2.24, 2.45) is 0 Å². The van der Waals surface area contributed by atoms with Gasteiger partial charge in [0.25, 0.3) is 10.0 Å². The molecular weight excluding hydrogens is 567 g/mol. The third-order valence-electron chi connectivity index (χ3n) is 5.32. The fourth-order valence-corrected chi connectivity index (χ4v) is 5.14. The molecule has 3 aromatic rings. The van der Waals surface area contributed by atoms with Gasteiger partial charge in [-0.05, 0) is 60.6 Å². The average Bonchev–Trinajstić information content (AvgIpc) is 2.93. The Morgan fingerprint density at radius 1 is 1.03 bits per heavy atom. The Bertz CT molecular complexity index is 1380. The van der Waals surface area contributed by atoms with Crippen molar-refractivity contribution in [3.05, 3.63) is 95.0 Å². The SMILES string of the molecule is COc1ccc(S(=O)(=O)N(CCO)c2ccccc2CN(C)CC=Cc2ccc(Cl)cc2)cc1.O=P(=O)OO.[HH]. The topological polar surface area (TPSA) is 134 Å². The molecule has 0 spiro atoms. The molecule has 39 heavy (non-hydrogen) atoms. The van der Waals surface area contributed by atoms with Crippen molar-refractivity contribution < 1.29 is 38.7 Å². The Morgan fingerprint density at radius 2 is 1.64 bits per heavy atom. The van der Waals surface area contributed by atoms with Gasteiger partial charge in [-0.2, -0.15) is 0 Å². The molecule has 0 radical (unpaired) electrons. The Kier molecular flexibility index (Phi) is 13.3. The minimum absolute atomic E-state index is 0. The van der Waals surface area contributed by atoms with Gasteiger partial charge in [0, 0.05) is 19.5 Å². The second kappa shape index (κ2) is 16.2. The highest BCUT2D eigenvalue weighted by Gasteiger charge is 2.26.